The number of aliphatic hydroxyl groups is 1. The summed E-state index contributed by atoms with van der Waals surface area (Å²) in [7, 11) is 0. The first-order valence-corrected chi connectivity index (χ1v) is 7.01. The largest absolute Gasteiger partial charge is 0.386 e. The molecule has 1 saturated carbocycles. The van der Waals surface area contributed by atoms with E-state index in [0.29, 0.717) is 24.4 Å². The smallest absolute Gasteiger partial charge is 0.105 e. The van der Waals surface area contributed by atoms with Crippen molar-refractivity contribution in [2.24, 2.45) is 23.0 Å². The number of nitrogens with two attached hydrogens (primary N) is 1. The van der Waals surface area contributed by atoms with Crippen molar-refractivity contribution in [2.45, 2.75) is 58.1 Å². The number of hydrogen-bond acceptors (Lipinski definition) is 3. The zero-order valence-corrected chi connectivity index (χ0v) is 11.5. The summed E-state index contributed by atoms with van der Waals surface area (Å²) >= 11 is 0. The Labute approximate surface area is 105 Å². The number of hydrogen-bond donors (Lipinski definition) is 3. The molecule has 2 fully saturated rings. The topological polar surface area (TPSA) is 58.3 Å². The lowest BCUT2D eigenvalue weighted by molar-refractivity contribution is -0.0557. The SMILES string of the molecule is CC(C)(C)C1CCC(C(N)C2(O)CNC2)CC1. The van der Waals surface area contributed by atoms with Gasteiger partial charge in [0.2, 0.25) is 0 Å². The highest BCUT2D eigenvalue weighted by molar-refractivity contribution is 5.03. The molecular weight excluding hydrogens is 212 g/mol. The fourth-order valence-corrected chi connectivity index (χ4v) is 3.40. The lowest BCUT2D eigenvalue weighted by Crippen LogP contribution is -2.70. The van der Waals surface area contributed by atoms with Crippen LogP contribution in [0.2, 0.25) is 0 Å². The summed E-state index contributed by atoms with van der Waals surface area (Å²) in [5.74, 6) is 1.33. The minimum atomic E-state index is -0.626. The Morgan fingerprint density at radius 2 is 1.71 bits per heavy atom. The van der Waals surface area contributed by atoms with Crippen LogP contribution in [0.3, 0.4) is 0 Å². The van der Waals surface area contributed by atoms with Crippen LogP contribution in [0.15, 0.2) is 0 Å². The van der Waals surface area contributed by atoms with Gasteiger partial charge >= 0.3 is 0 Å². The molecule has 1 aliphatic heterocycles. The summed E-state index contributed by atoms with van der Waals surface area (Å²) < 4.78 is 0. The predicted molar refractivity (Wildman–Crippen MR) is 70.7 cm³/mol. The molecular formula is C14H28N2O. The molecule has 3 nitrogen and oxygen atoms in total. The van der Waals surface area contributed by atoms with E-state index in [2.05, 4.69) is 26.1 Å². The normalized spacial score (nSPS) is 35.1. The lowest BCUT2D eigenvalue weighted by Gasteiger charge is -2.47. The van der Waals surface area contributed by atoms with E-state index in [1.165, 1.54) is 25.7 Å². The fourth-order valence-electron chi connectivity index (χ4n) is 3.40. The van der Waals surface area contributed by atoms with Crippen molar-refractivity contribution >= 4 is 0 Å². The summed E-state index contributed by atoms with van der Waals surface area (Å²) in [4.78, 5) is 0. The highest BCUT2D eigenvalue weighted by Crippen LogP contribution is 2.41. The van der Waals surface area contributed by atoms with Gasteiger partial charge in [-0.05, 0) is 42.9 Å². The first-order valence-electron chi connectivity index (χ1n) is 7.01. The van der Waals surface area contributed by atoms with E-state index in [4.69, 9.17) is 5.73 Å². The molecule has 1 saturated heterocycles. The Bertz CT molecular complexity index is 260. The maximum Gasteiger partial charge on any atom is 0.105 e. The molecule has 1 aliphatic carbocycles. The van der Waals surface area contributed by atoms with E-state index in [1.54, 1.807) is 0 Å². The van der Waals surface area contributed by atoms with Crippen molar-refractivity contribution in [3.63, 3.8) is 0 Å². The van der Waals surface area contributed by atoms with Gasteiger partial charge < -0.3 is 16.2 Å². The molecule has 2 rings (SSSR count). The van der Waals surface area contributed by atoms with Crippen LogP contribution in [0.25, 0.3) is 0 Å². The molecule has 0 aromatic carbocycles. The zero-order valence-electron chi connectivity index (χ0n) is 11.5. The lowest BCUT2D eigenvalue weighted by atomic mass is 9.66. The van der Waals surface area contributed by atoms with Crippen LogP contribution in [0.4, 0.5) is 0 Å². The maximum atomic E-state index is 10.3. The first-order chi connectivity index (χ1) is 7.83. The summed E-state index contributed by atoms with van der Waals surface area (Å²) in [6.07, 6.45) is 4.91. The molecule has 100 valence electrons. The Balaban J connectivity index is 1.86. The van der Waals surface area contributed by atoms with E-state index < -0.39 is 5.60 Å². The van der Waals surface area contributed by atoms with Crippen LogP contribution in [0.5, 0.6) is 0 Å². The highest BCUT2D eigenvalue weighted by Gasteiger charge is 2.45. The number of rotatable bonds is 2. The van der Waals surface area contributed by atoms with E-state index in [0.717, 1.165) is 5.92 Å². The molecule has 2 aliphatic rings. The van der Waals surface area contributed by atoms with Gasteiger partial charge in [-0.2, -0.15) is 0 Å². The molecule has 4 N–H and O–H groups in total. The molecule has 3 heteroatoms. The third-order valence-electron chi connectivity index (χ3n) is 4.99. The third-order valence-corrected chi connectivity index (χ3v) is 4.99. The van der Waals surface area contributed by atoms with Gasteiger partial charge in [0, 0.05) is 19.1 Å². The van der Waals surface area contributed by atoms with Gasteiger partial charge in [0.25, 0.3) is 0 Å². The van der Waals surface area contributed by atoms with Gasteiger partial charge in [-0.3, -0.25) is 0 Å². The third kappa shape index (κ3) is 2.67. The van der Waals surface area contributed by atoms with Crippen LogP contribution in [0, 0.1) is 17.3 Å². The summed E-state index contributed by atoms with van der Waals surface area (Å²) in [6, 6.07) is -0.0373. The molecule has 0 bridgehead atoms. The summed E-state index contributed by atoms with van der Waals surface area (Å²) in [6.45, 7) is 8.35. The molecule has 0 aromatic rings. The molecule has 1 heterocycles. The Morgan fingerprint density at radius 1 is 1.18 bits per heavy atom. The van der Waals surface area contributed by atoms with Crippen molar-refractivity contribution < 1.29 is 5.11 Å². The minimum absolute atomic E-state index is 0.0373. The van der Waals surface area contributed by atoms with Crippen molar-refractivity contribution in [2.75, 3.05) is 13.1 Å². The van der Waals surface area contributed by atoms with Crippen LogP contribution >= 0.6 is 0 Å². The highest BCUT2D eigenvalue weighted by atomic mass is 16.3. The van der Waals surface area contributed by atoms with E-state index in [1.807, 2.05) is 0 Å². The summed E-state index contributed by atoms with van der Waals surface area (Å²) in [5.41, 5.74) is 6.05. The molecule has 0 radical (unpaired) electrons. The average Bonchev–Trinajstić information content (AvgIpc) is 2.24. The van der Waals surface area contributed by atoms with Gasteiger partial charge in [0.1, 0.15) is 5.60 Å². The Hall–Kier alpha value is -0.120. The average molecular weight is 240 g/mol. The molecule has 0 aromatic heterocycles. The molecule has 1 unspecified atom stereocenters. The molecule has 0 amide bonds. The van der Waals surface area contributed by atoms with Gasteiger partial charge in [-0.15, -0.1) is 0 Å². The summed E-state index contributed by atoms with van der Waals surface area (Å²) in [5, 5.41) is 13.4. The molecule has 0 spiro atoms. The van der Waals surface area contributed by atoms with Gasteiger partial charge in [-0.25, -0.2) is 0 Å². The van der Waals surface area contributed by atoms with Crippen molar-refractivity contribution in [1.82, 2.24) is 5.32 Å². The van der Waals surface area contributed by atoms with E-state index in [-0.39, 0.29) is 6.04 Å². The maximum absolute atomic E-state index is 10.3. The van der Waals surface area contributed by atoms with E-state index in [9.17, 15) is 5.11 Å². The number of β-amino-alcohol motifs (C(OH)–C–C–N with tert-alkyl or cyclic N) is 1. The standard InChI is InChI=1S/C14H28N2O/c1-13(2,3)11-6-4-10(5-7-11)12(15)14(17)8-16-9-14/h10-12,16-17H,4-9,15H2,1-3H3. The van der Waals surface area contributed by atoms with Crippen molar-refractivity contribution in [3.05, 3.63) is 0 Å². The van der Waals surface area contributed by atoms with Crippen LogP contribution < -0.4 is 11.1 Å². The second-order valence-electron chi connectivity index (χ2n) is 7.21. The first kappa shape index (κ1) is 13.3. The monoisotopic (exact) mass is 240 g/mol. The number of nitrogens with one attached hydrogen (secondary N) is 1. The van der Waals surface area contributed by atoms with Crippen LogP contribution in [-0.4, -0.2) is 29.8 Å². The fraction of sp³-hybridized carbons (Fsp3) is 1.00. The van der Waals surface area contributed by atoms with E-state index >= 15 is 0 Å². The van der Waals surface area contributed by atoms with Gasteiger partial charge in [0.15, 0.2) is 0 Å². The van der Waals surface area contributed by atoms with Crippen LogP contribution in [0.1, 0.15) is 46.5 Å². The predicted octanol–water partition coefficient (Wildman–Crippen LogP) is 1.50. The Kier molecular flexibility index (Phi) is 3.54. The Morgan fingerprint density at radius 3 is 2.06 bits per heavy atom. The van der Waals surface area contributed by atoms with Crippen molar-refractivity contribution in [3.8, 4) is 0 Å². The molecule has 17 heavy (non-hydrogen) atoms. The molecule has 1 atom stereocenters. The zero-order chi connectivity index (χ0) is 12.7. The van der Waals surface area contributed by atoms with Gasteiger partial charge in [0.05, 0.1) is 0 Å². The minimum Gasteiger partial charge on any atom is -0.386 e. The van der Waals surface area contributed by atoms with Gasteiger partial charge in [-0.1, -0.05) is 20.8 Å². The second-order valence-corrected chi connectivity index (χ2v) is 7.21. The second kappa shape index (κ2) is 4.52. The van der Waals surface area contributed by atoms with Crippen molar-refractivity contribution in [1.29, 1.82) is 0 Å². The van der Waals surface area contributed by atoms with Crippen LogP contribution in [-0.2, 0) is 0 Å². The quantitative estimate of drug-likeness (QED) is 0.685.